The van der Waals surface area contributed by atoms with Gasteiger partial charge in [0.2, 0.25) is 10.0 Å². The number of Topliss-reactive ketones (excluding diaryl/α,β-unsaturated/α-hetero) is 1. The molecule has 0 bridgehead atoms. The fourth-order valence-electron chi connectivity index (χ4n) is 2.65. The number of nitrogens with one attached hydrogen (secondary N) is 1. The zero-order valence-electron chi connectivity index (χ0n) is 12.3. The Kier molecular flexibility index (Phi) is 5.46. The predicted octanol–water partition coefficient (Wildman–Crippen LogP) is 2.84. The molecule has 1 fully saturated rings. The molecule has 0 aliphatic heterocycles. The van der Waals surface area contributed by atoms with Crippen LogP contribution in [0.3, 0.4) is 0 Å². The highest BCUT2D eigenvalue weighted by molar-refractivity contribution is 7.99. The molecule has 2 rings (SSSR count). The molecule has 2 atom stereocenters. The van der Waals surface area contributed by atoms with Crippen LogP contribution in [0.4, 0.5) is 0 Å². The summed E-state index contributed by atoms with van der Waals surface area (Å²) in [4.78, 5) is 11.9. The Morgan fingerprint density at radius 3 is 2.81 bits per heavy atom. The van der Waals surface area contributed by atoms with E-state index in [0.29, 0.717) is 17.2 Å². The number of thioether (sulfide) groups is 1. The lowest BCUT2D eigenvalue weighted by Crippen LogP contribution is -2.38. The third-order valence-corrected chi connectivity index (χ3v) is 6.51. The van der Waals surface area contributed by atoms with Crippen molar-refractivity contribution in [3.05, 3.63) is 29.8 Å². The molecule has 1 N–H and O–H groups in total. The Hall–Kier alpha value is -0.850. The Labute approximate surface area is 130 Å². The van der Waals surface area contributed by atoms with Crippen molar-refractivity contribution in [3.8, 4) is 0 Å². The zero-order chi connectivity index (χ0) is 15.5. The molecule has 1 aliphatic rings. The SMILES string of the molecule is CCC(=O)c1cccc(S(=O)(=O)NC2CCCC2SC)c1. The minimum absolute atomic E-state index is 0.0180. The van der Waals surface area contributed by atoms with Gasteiger partial charge in [-0.25, -0.2) is 13.1 Å². The van der Waals surface area contributed by atoms with Crippen LogP contribution in [-0.2, 0) is 10.0 Å². The van der Waals surface area contributed by atoms with Gasteiger partial charge in [-0.3, -0.25) is 4.79 Å². The molecule has 2 unspecified atom stereocenters. The lowest BCUT2D eigenvalue weighted by atomic mass is 10.1. The fraction of sp³-hybridized carbons (Fsp3) is 0.533. The van der Waals surface area contributed by atoms with Crippen LogP contribution in [0.15, 0.2) is 29.2 Å². The van der Waals surface area contributed by atoms with E-state index in [4.69, 9.17) is 0 Å². The summed E-state index contributed by atoms with van der Waals surface area (Å²) in [5, 5.41) is 0.334. The van der Waals surface area contributed by atoms with Crippen molar-refractivity contribution in [2.24, 2.45) is 0 Å². The maximum atomic E-state index is 12.5. The third kappa shape index (κ3) is 3.87. The Bertz CT molecular complexity index is 613. The molecule has 116 valence electrons. The molecule has 1 aromatic rings. The second-order valence-electron chi connectivity index (χ2n) is 5.24. The molecule has 4 nitrogen and oxygen atoms in total. The summed E-state index contributed by atoms with van der Waals surface area (Å²) in [7, 11) is -3.57. The summed E-state index contributed by atoms with van der Waals surface area (Å²) in [5.74, 6) is -0.0464. The fourth-order valence-corrected chi connectivity index (χ4v) is 5.03. The van der Waals surface area contributed by atoms with Gasteiger partial charge in [-0.2, -0.15) is 11.8 Å². The molecule has 1 aliphatic carbocycles. The Balaban J connectivity index is 2.21. The van der Waals surface area contributed by atoms with E-state index >= 15 is 0 Å². The van der Waals surface area contributed by atoms with Crippen LogP contribution < -0.4 is 4.72 Å². The predicted molar refractivity (Wildman–Crippen MR) is 86.3 cm³/mol. The Morgan fingerprint density at radius 2 is 2.14 bits per heavy atom. The molecule has 1 saturated carbocycles. The first-order chi connectivity index (χ1) is 9.97. The highest BCUT2D eigenvalue weighted by Crippen LogP contribution is 2.29. The summed E-state index contributed by atoms with van der Waals surface area (Å²) in [5.41, 5.74) is 0.452. The van der Waals surface area contributed by atoms with Crippen LogP contribution in [0.25, 0.3) is 0 Å². The lowest BCUT2D eigenvalue weighted by molar-refractivity contribution is 0.0988. The number of hydrogen-bond donors (Lipinski definition) is 1. The second kappa shape index (κ2) is 6.94. The quantitative estimate of drug-likeness (QED) is 0.816. The summed E-state index contributed by atoms with van der Waals surface area (Å²) in [6.07, 6.45) is 5.35. The molecule has 0 radical (unpaired) electrons. The first-order valence-corrected chi connectivity index (χ1v) is 9.93. The average molecular weight is 327 g/mol. The van der Waals surface area contributed by atoms with Crippen LogP contribution in [0, 0.1) is 0 Å². The van der Waals surface area contributed by atoms with Gasteiger partial charge in [-0.1, -0.05) is 25.5 Å². The van der Waals surface area contributed by atoms with Crippen molar-refractivity contribution in [3.63, 3.8) is 0 Å². The minimum Gasteiger partial charge on any atom is -0.294 e. The van der Waals surface area contributed by atoms with Crippen molar-refractivity contribution in [1.82, 2.24) is 4.72 Å². The van der Waals surface area contributed by atoms with Gasteiger partial charge in [0.1, 0.15) is 0 Å². The zero-order valence-corrected chi connectivity index (χ0v) is 14.0. The smallest absolute Gasteiger partial charge is 0.240 e. The van der Waals surface area contributed by atoms with Crippen LogP contribution >= 0.6 is 11.8 Å². The molecular formula is C15H21NO3S2. The first-order valence-electron chi connectivity index (χ1n) is 7.16. The van der Waals surface area contributed by atoms with Gasteiger partial charge in [0.25, 0.3) is 0 Å². The number of carbonyl (C=O) groups is 1. The van der Waals surface area contributed by atoms with Crippen LogP contribution in [-0.4, -0.2) is 31.7 Å². The monoisotopic (exact) mass is 327 g/mol. The van der Waals surface area contributed by atoms with Gasteiger partial charge >= 0.3 is 0 Å². The largest absolute Gasteiger partial charge is 0.294 e. The van der Waals surface area contributed by atoms with Crippen molar-refractivity contribution in [2.75, 3.05) is 6.26 Å². The molecule has 1 aromatic carbocycles. The van der Waals surface area contributed by atoms with Crippen LogP contribution in [0.2, 0.25) is 0 Å². The summed E-state index contributed by atoms with van der Waals surface area (Å²) in [6, 6.07) is 6.27. The normalized spacial score (nSPS) is 22.4. The third-order valence-electron chi connectivity index (χ3n) is 3.85. The van der Waals surface area contributed by atoms with E-state index in [2.05, 4.69) is 4.72 Å². The first kappa shape index (κ1) is 16.5. The van der Waals surface area contributed by atoms with Crippen molar-refractivity contribution in [2.45, 2.75) is 48.8 Å². The lowest BCUT2D eigenvalue weighted by Gasteiger charge is -2.19. The number of carbonyl (C=O) groups excluding carboxylic acids is 1. The molecule has 21 heavy (non-hydrogen) atoms. The number of ketones is 1. The number of rotatable bonds is 6. The van der Waals surface area contributed by atoms with E-state index in [9.17, 15) is 13.2 Å². The maximum Gasteiger partial charge on any atom is 0.240 e. The topological polar surface area (TPSA) is 63.2 Å². The van der Waals surface area contributed by atoms with Gasteiger partial charge in [0.15, 0.2) is 5.78 Å². The second-order valence-corrected chi connectivity index (χ2v) is 8.03. The van der Waals surface area contributed by atoms with Gasteiger partial charge in [0.05, 0.1) is 4.90 Å². The summed E-state index contributed by atoms with van der Waals surface area (Å²) in [6.45, 7) is 1.77. The number of benzene rings is 1. The van der Waals surface area contributed by atoms with E-state index in [1.165, 1.54) is 12.1 Å². The van der Waals surface area contributed by atoms with Crippen LogP contribution in [0.5, 0.6) is 0 Å². The van der Waals surface area contributed by atoms with Crippen molar-refractivity contribution in [1.29, 1.82) is 0 Å². The van der Waals surface area contributed by atoms with Gasteiger partial charge in [-0.05, 0) is 31.2 Å². The van der Waals surface area contributed by atoms with Gasteiger partial charge in [0, 0.05) is 23.3 Å². The molecule has 0 amide bonds. The van der Waals surface area contributed by atoms with Gasteiger partial charge in [-0.15, -0.1) is 0 Å². The van der Waals surface area contributed by atoms with E-state index in [1.807, 2.05) is 6.26 Å². The highest BCUT2D eigenvalue weighted by atomic mass is 32.2. The Morgan fingerprint density at radius 1 is 1.38 bits per heavy atom. The van der Waals surface area contributed by atoms with Gasteiger partial charge < -0.3 is 0 Å². The highest BCUT2D eigenvalue weighted by Gasteiger charge is 2.30. The number of sulfonamides is 1. The summed E-state index contributed by atoms with van der Waals surface area (Å²) >= 11 is 1.71. The molecule has 0 heterocycles. The molecule has 0 spiro atoms. The molecular weight excluding hydrogens is 306 g/mol. The minimum atomic E-state index is -3.57. The molecule has 0 saturated heterocycles. The maximum absolute atomic E-state index is 12.5. The standard InChI is InChI=1S/C15H21NO3S2/c1-3-14(17)11-6-4-7-12(10-11)21(18,19)16-13-8-5-9-15(13)20-2/h4,6-7,10,13,15-16H,3,5,8-9H2,1-2H3. The molecule has 6 heteroatoms. The summed E-state index contributed by atoms with van der Waals surface area (Å²) < 4.78 is 27.8. The van der Waals surface area contributed by atoms with E-state index < -0.39 is 10.0 Å². The molecule has 0 aromatic heterocycles. The average Bonchev–Trinajstić information content (AvgIpc) is 2.93. The van der Waals surface area contributed by atoms with Crippen molar-refractivity contribution >= 4 is 27.6 Å². The van der Waals surface area contributed by atoms with E-state index in [1.54, 1.807) is 30.8 Å². The van der Waals surface area contributed by atoms with E-state index in [0.717, 1.165) is 19.3 Å². The van der Waals surface area contributed by atoms with Crippen molar-refractivity contribution < 1.29 is 13.2 Å². The van der Waals surface area contributed by atoms with Crippen LogP contribution in [0.1, 0.15) is 43.0 Å². The van der Waals surface area contributed by atoms with E-state index in [-0.39, 0.29) is 16.7 Å². The number of hydrogen-bond acceptors (Lipinski definition) is 4.